The van der Waals surface area contributed by atoms with Crippen LogP contribution in [-0.2, 0) is 23.3 Å². The fourth-order valence-corrected chi connectivity index (χ4v) is 3.92. The Morgan fingerprint density at radius 2 is 0.971 bits per heavy atom. The number of rotatable bonds is 2. The van der Waals surface area contributed by atoms with E-state index in [1.807, 2.05) is 0 Å². The van der Waals surface area contributed by atoms with Crippen LogP contribution in [0.1, 0.15) is 49.9 Å². The van der Waals surface area contributed by atoms with E-state index >= 15 is 0 Å². The van der Waals surface area contributed by atoms with Crippen LogP contribution in [0.15, 0.2) is 71.8 Å². The molecule has 2 aromatic carbocycles. The summed E-state index contributed by atoms with van der Waals surface area (Å²) in [7, 11) is 0. The molecule has 0 heterocycles. The van der Waals surface area contributed by atoms with Crippen molar-refractivity contribution in [3.05, 3.63) is 121 Å². The molecule has 184 valence electrons. The van der Waals surface area contributed by atoms with E-state index in [2.05, 4.69) is 121 Å². The van der Waals surface area contributed by atoms with Gasteiger partial charge in [-0.25, -0.2) is 11.1 Å². The number of allylic oxidation sites excluding steroid dienone is 8. The predicted molar refractivity (Wildman–Crippen MR) is 155 cm³/mol. The molecule has 2 radical (unpaired) electrons. The minimum absolute atomic E-state index is 0. The van der Waals surface area contributed by atoms with E-state index < -0.39 is 0 Å². The zero-order valence-corrected chi connectivity index (χ0v) is 26.8. The molecule has 2 atom stereocenters. The summed E-state index contributed by atoms with van der Waals surface area (Å²) in [6.45, 7) is 15.9. The fourth-order valence-electron chi connectivity index (χ4n) is 3.92. The van der Waals surface area contributed by atoms with Crippen LogP contribution >= 0.6 is 24.8 Å². The molecule has 2 unspecified atom stereocenters. The Balaban J connectivity index is -0.000000475. The van der Waals surface area contributed by atoms with Crippen molar-refractivity contribution in [1.29, 1.82) is 0 Å². The first-order valence-electron chi connectivity index (χ1n) is 10.4. The Morgan fingerprint density at radius 1 is 0.647 bits per heavy atom. The third-order valence-corrected chi connectivity index (χ3v) is 5.19. The van der Waals surface area contributed by atoms with Gasteiger partial charge in [-0.3, -0.25) is 12.2 Å². The van der Waals surface area contributed by atoms with Crippen molar-refractivity contribution in [3.63, 3.8) is 0 Å². The monoisotopic (exact) mass is 586 g/mol. The summed E-state index contributed by atoms with van der Waals surface area (Å²) < 4.78 is 0. The average molecular weight is 589 g/mol. The molecule has 4 rings (SSSR count). The Morgan fingerprint density at radius 3 is 1.21 bits per heavy atom. The van der Waals surface area contributed by atoms with E-state index in [9.17, 15) is 0 Å². The molecule has 2 aliphatic carbocycles. The Bertz CT molecular complexity index is 936. The number of benzene rings is 2. The second kappa shape index (κ2) is 18.4. The maximum absolute atomic E-state index is 3.41. The van der Waals surface area contributed by atoms with Crippen molar-refractivity contribution in [2.75, 3.05) is 0 Å². The van der Waals surface area contributed by atoms with Gasteiger partial charge in [-0.05, 0) is 13.8 Å². The summed E-state index contributed by atoms with van der Waals surface area (Å²) in [4.78, 5) is 0. The molecule has 34 heavy (non-hydrogen) atoms. The normalized spacial score (nSPS) is 17.1. The van der Waals surface area contributed by atoms with Gasteiger partial charge in [0.25, 0.3) is 0 Å². The molecule has 0 N–H and O–H groups in total. The third-order valence-electron chi connectivity index (χ3n) is 5.19. The molecule has 2 aliphatic rings. The zero-order valence-electron chi connectivity index (χ0n) is 21.7. The Hall–Kier alpha value is -0.920. The third kappa shape index (κ3) is 10.8. The van der Waals surface area contributed by atoms with Crippen LogP contribution in [0.2, 0.25) is 0 Å². The Labute approximate surface area is 239 Å². The zero-order chi connectivity index (χ0) is 22.3. The van der Waals surface area contributed by atoms with E-state index in [-0.39, 0.29) is 39.7 Å². The van der Waals surface area contributed by atoms with E-state index in [4.69, 9.17) is 0 Å². The molecule has 0 saturated carbocycles. The van der Waals surface area contributed by atoms with Crippen LogP contribution in [0, 0.1) is 52.7 Å². The molecule has 0 bridgehead atoms. The van der Waals surface area contributed by atoms with Gasteiger partial charge < -0.3 is 14.9 Å². The molecular weight excluding hydrogens is 551 g/mol. The molecule has 0 aromatic heterocycles. The van der Waals surface area contributed by atoms with Crippen LogP contribution in [0.25, 0.3) is 11.1 Å². The number of aryl methyl sites for hydroxylation is 2. The molecule has 0 fully saturated rings. The summed E-state index contributed by atoms with van der Waals surface area (Å²) in [5.74, 6) is 0.927. The fraction of sp³-hybridized carbons (Fsp3) is 0.267. The molecule has 0 nitrogen and oxygen atoms in total. The van der Waals surface area contributed by atoms with Crippen LogP contribution in [-0.4, -0.2) is 6.88 Å². The summed E-state index contributed by atoms with van der Waals surface area (Å²) in [6.07, 6.45) is 11.4. The minimum atomic E-state index is 0. The van der Waals surface area contributed by atoms with Crippen molar-refractivity contribution in [2.45, 2.75) is 41.5 Å². The summed E-state index contributed by atoms with van der Waals surface area (Å²) in [6, 6.07) is 17.3. The van der Waals surface area contributed by atoms with E-state index in [1.165, 1.54) is 67.9 Å². The van der Waals surface area contributed by atoms with Gasteiger partial charge in [0.15, 0.2) is 0 Å². The summed E-state index contributed by atoms with van der Waals surface area (Å²) in [5, 5.41) is 0. The van der Waals surface area contributed by atoms with Gasteiger partial charge >= 0.3 is 30.2 Å². The van der Waals surface area contributed by atoms with Gasteiger partial charge in [-0.2, -0.15) is 23.3 Å². The summed E-state index contributed by atoms with van der Waals surface area (Å²) in [5.41, 5.74) is 10.5. The van der Waals surface area contributed by atoms with Crippen molar-refractivity contribution in [1.82, 2.24) is 0 Å². The molecule has 0 saturated heterocycles. The van der Waals surface area contributed by atoms with Gasteiger partial charge in [0, 0.05) is 0 Å². The van der Waals surface area contributed by atoms with Gasteiger partial charge in [0.05, 0.1) is 0 Å². The van der Waals surface area contributed by atoms with Gasteiger partial charge in [-0.15, -0.1) is 35.9 Å². The second-order valence-electron chi connectivity index (χ2n) is 8.02. The van der Waals surface area contributed by atoms with Gasteiger partial charge in [0.2, 0.25) is 0 Å². The van der Waals surface area contributed by atoms with Crippen molar-refractivity contribution >= 4 is 42.8 Å². The molecular formula is C30H38Cl2SiZr-4. The number of halogens is 2. The SMILES string of the molecule is CC1=[C-]C(C)C=C1c1cccc(C)c1.CC1=[C-]C(C)C=C1c1cccc(C)c1.Cl.Cl.[CH3-].[CH3-].[Si]=[Zr]. The number of hydrogen-bond acceptors (Lipinski definition) is 0. The second-order valence-corrected chi connectivity index (χ2v) is 8.02. The average Bonchev–Trinajstić information content (AvgIpc) is 3.24. The van der Waals surface area contributed by atoms with Crippen molar-refractivity contribution < 1.29 is 23.3 Å². The Kier molecular flexibility index (Phi) is 20.3. The molecule has 4 heteroatoms. The first-order valence-corrected chi connectivity index (χ1v) is 14.6. The predicted octanol–water partition coefficient (Wildman–Crippen LogP) is 8.92. The van der Waals surface area contributed by atoms with Gasteiger partial charge in [0.1, 0.15) is 0 Å². The first-order chi connectivity index (χ1) is 14.3. The maximum atomic E-state index is 3.41. The van der Waals surface area contributed by atoms with Crippen LogP contribution in [0.4, 0.5) is 0 Å². The van der Waals surface area contributed by atoms with Crippen LogP contribution < -0.4 is 0 Å². The molecule has 0 spiro atoms. The van der Waals surface area contributed by atoms with Crippen molar-refractivity contribution in [3.8, 4) is 0 Å². The van der Waals surface area contributed by atoms with Crippen LogP contribution in [0.3, 0.4) is 0 Å². The van der Waals surface area contributed by atoms with Crippen molar-refractivity contribution in [2.24, 2.45) is 11.8 Å². The van der Waals surface area contributed by atoms with E-state index in [0.29, 0.717) is 11.8 Å². The number of hydrogen-bond donors (Lipinski definition) is 0. The van der Waals surface area contributed by atoms with Crippen LogP contribution in [0.5, 0.6) is 0 Å². The summed E-state index contributed by atoms with van der Waals surface area (Å²) >= 11 is 1.36. The first kappa shape index (κ1) is 37.6. The van der Waals surface area contributed by atoms with Gasteiger partial charge in [-0.1, -0.05) is 99.2 Å². The van der Waals surface area contributed by atoms with E-state index in [1.54, 1.807) is 0 Å². The quantitative estimate of drug-likeness (QED) is 0.243. The molecule has 2 aromatic rings. The molecule has 0 amide bonds. The topological polar surface area (TPSA) is 0 Å². The standard InChI is InChI=1S/2C14H15.2CH3.2ClH.Si.Zr/c2*1-10-5-4-6-13(8-10)14-9-11(2)7-12(14)3;;;;;;/h2*4-6,8-9,11H,1-3H3;2*1H3;2*1H;;/q4*-1;;;;. The van der Waals surface area contributed by atoms with E-state index in [0.717, 1.165) is 0 Å². The molecule has 0 aliphatic heterocycles.